The van der Waals surface area contributed by atoms with E-state index in [0.29, 0.717) is 48.4 Å². The number of nitrogens with zero attached hydrogens (tertiary/aromatic N) is 1. The number of hydrogen-bond donors (Lipinski definition) is 0. The first-order valence-corrected chi connectivity index (χ1v) is 13.5. The van der Waals surface area contributed by atoms with Gasteiger partial charge in [0.15, 0.2) is 11.5 Å². The van der Waals surface area contributed by atoms with Crippen molar-refractivity contribution in [1.82, 2.24) is 4.90 Å². The normalized spacial score (nSPS) is 14.6. The molecule has 0 unspecified atom stereocenters. The molecule has 0 aliphatic carbocycles. The van der Waals surface area contributed by atoms with Gasteiger partial charge in [-0.05, 0) is 69.9 Å². The number of benzene rings is 3. The summed E-state index contributed by atoms with van der Waals surface area (Å²) >= 11 is 22.5. The summed E-state index contributed by atoms with van der Waals surface area (Å²) < 4.78 is 13.1. The standard InChI is InChI=1S/C26H20BrCl2NO3S2/c1-2-32-22-12-18(10-19(27)24(22)33-15-17-8-9-20(28)21(29)11-17)13-23-25(31)30(26(34)35-23)14-16-6-4-3-5-7-16/h3-13H,2,14-15H2,1H3/b23-13-. The first kappa shape index (κ1) is 26.0. The Kier molecular flexibility index (Phi) is 8.78. The molecule has 9 heteroatoms. The molecule has 0 radical (unpaired) electrons. The number of amides is 1. The topological polar surface area (TPSA) is 38.8 Å². The van der Waals surface area contributed by atoms with Crippen LogP contribution in [0.4, 0.5) is 0 Å². The summed E-state index contributed by atoms with van der Waals surface area (Å²) in [6.07, 6.45) is 1.82. The Labute approximate surface area is 232 Å². The molecule has 3 aromatic carbocycles. The average molecular weight is 609 g/mol. The van der Waals surface area contributed by atoms with Crippen LogP contribution < -0.4 is 9.47 Å². The van der Waals surface area contributed by atoms with Gasteiger partial charge < -0.3 is 9.47 Å². The van der Waals surface area contributed by atoms with E-state index in [-0.39, 0.29) is 12.5 Å². The average Bonchev–Trinajstić information content (AvgIpc) is 3.09. The molecule has 4 rings (SSSR count). The summed E-state index contributed by atoms with van der Waals surface area (Å²) in [5.74, 6) is 1.01. The van der Waals surface area contributed by atoms with E-state index in [2.05, 4.69) is 15.9 Å². The van der Waals surface area contributed by atoms with Crippen LogP contribution >= 0.6 is 63.1 Å². The van der Waals surface area contributed by atoms with Crippen molar-refractivity contribution in [3.63, 3.8) is 0 Å². The minimum atomic E-state index is -0.113. The number of thioether (sulfide) groups is 1. The van der Waals surface area contributed by atoms with Crippen molar-refractivity contribution in [2.75, 3.05) is 6.61 Å². The number of ether oxygens (including phenoxy) is 2. The van der Waals surface area contributed by atoms with E-state index < -0.39 is 0 Å². The van der Waals surface area contributed by atoms with Gasteiger partial charge in [-0.1, -0.05) is 83.6 Å². The molecule has 0 bridgehead atoms. The van der Waals surface area contributed by atoms with Gasteiger partial charge in [0.25, 0.3) is 5.91 Å². The lowest BCUT2D eigenvalue weighted by Crippen LogP contribution is -2.27. The Morgan fingerprint density at radius 3 is 2.51 bits per heavy atom. The van der Waals surface area contributed by atoms with Gasteiger partial charge in [0.2, 0.25) is 0 Å². The Bertz CT molecular complexity index is 1300. The maximum absolute atomic E-state index is 13.1. The number of thiocarbonyl (C=S) groups is 1. The summed E-state index contributed by atoms with van der Waals surface area (Å²) in [6, 6.07) is 18.9. The molecule has 0 atom stereocenters. The van der Waals surface area contributed by atoms with E-state index in [1.165, 1.54) is 11.8 Å². The number of carbonyl (C=O) groups excluding carboxylic acids is 1. The lowest BCUT2D eigenvalue weighted by Gasteiger charge is -2.15. The van der Waals surface area contributed by atoms with Gasteiger partial charge in [-0.25, -0.2) is 0 Å². The van der Waals surface area contributed by atoms with Crippen LogP contribution in [0.1, 0.15) is 23.6 Å². The highest BCUT2D eigenvalue weighted by Crippen LogP contribution is 2.40. The van der Waals surface area contributed by atoms with E-state index in [1.807, 2.05) is 61.5 Å². The largest absolute Gasteiger partial charge is 0.490 e. The number of hydrogen-bond acceptors (Lipinski definition) is 5. The highest BCUT2D eigenvalue weighted by Gasteiger charge is 2.32. The lowest BCUT2D eigenvalue weighted by atomic mass is 10.1. The fourth-order valence-electron chi connectivity index (χ4n) is 3.41. The van der Waals surface area contributed by atoms with Crippen molar-refractivity contribution < 1.29 is 14.3 Å². The van der Waals surface area contributed by atoms with Crippen LogP contribution in [0.5, 0.6) is 11.5 Å². The molecule has 3 aromatic rings. The molecule has 1 aliphatic rings. The van der Waals surface area contributed by atoms with Crippen molar-refractivity contribution in [2.45, 2.75) is 20.1 Å². The molecule has 1 aliphatic heterocycles. The Morgan fingerprint density at radius 2 is 1.80 bits per heavy atom. The SMILES string of the molecule is CCOc1cc(/C=C2\SC(=S)N(Cc3ccccc3)C2=O)cc(Br)c1OCc1ccc(Cl)c(Cl)c1. The second kappa shape index (κ2) is 11.8. The van der Waals surface area contributed by atoms with Crippen molar-refractivity contribution in [1.29, 1.82) is 0 Å². The molecule has 35 heavy (non-hydrogen) atoms. The summed E-state index contributed by atoms with van der Waals surface area (Å²) in [5, 5.41) is 0.960. The predicted molar refractivity (Wildman–Crippen MR) is 151 cm³/mol. The van der Waals surface area contributed by atoms with E-state index in [1.54, 1.807) is 17.0 Å². The molecule has 1 amide bonds. The zero-order valence-electron chi connectivity index (χ0n) is 18.6. The lowest BCUT2D eigenvalue weighted by molar-refractivity contribution is -0.122. The molecule has 1 fully saturated rings. The predicted octanol–water partition coefficient (Wildman–Crippen LogP) is 8.14. The quantitative estimate of drug-likeness (QED) is 0.191. The van der Waals surface area contributed by atoms with Crippen LogP contribution in [-0.4, -0.2) is 21.7 Å². The van der Waals surface area contributed by atoms with E-state index in [4.69, 9.17) is 44.9 Å². The van der Waals surface area contributed by atoms with E-state index >= 15 is 0 Å². The highest BCUT2D eigenvalue weighted by atomic mass is 79.9. The number of halogens is 3. The summed E-state index contributed by atoms with van der Waals surface area (Å²) in [7, 11) is 0. The maximum Gasteiger partial charge on any atom is 0.266 e. The van der Waals surface area contributed by atoms with E-state index in [9.17, 15) is 4.79 Å². The van der Waals surface area contributed by atoms with Gasteiger partial charge in [0.05, 0.1) is 32.6 Å². The second-order valence-electron chi connectivity index (χ2n) is 7.55. The smallest absolute Gasteiger partial charge is 0.266 e. The van der Waals surface area contributed by atoms with Crippen molar-refractivity contribution in [3.8, 4) is 11.5 Å². The van der Waals surface area contributed by atoms with Gasteiger partial charge in [-0.15, -0.1) is 0 Å². The molecule has 0 aromatic heterocycles. The fraction of sp³-hybridized carbons (Fsp3) is 0.154. The van der Waals surface area contributed by atoms with Crippen molar-refractivity contribution in [3.05, 3.63) is 96.8 Å². The summed E-state index contributed by atoms with van der Waals surface area (Å²) in [4.78, 5) is 15.2. The molecule has 0 spiro atoms. The van der Waals surface area contributed by atoms with Crippen LogP contribution in [0.3, 0.4) is 0 Å². The van der Waals surface area contributed by atoms with Gasteiger partial charge >= 0.3 is 0 Å². The third kappa shape index (κ3) is 6.40. The minimum absolute atomic E-state index is 0.113. The third-order valence-corrected chi connectivity index (χ3v) is 7.76. The minimum Gasteiger partial charge on any atom is -0.490 e. The Morgan fingerprint density at radius 1 is 1.03 bits per heavy atom. The monoisotopic (exact) mass is 607 g/mol. The zero-order chi connectivity index (χ0) is 24.9. The van der Waals surface area contributed by atoms with Crippen LogP contribution in [0.2, 0.25) is 10.0 Å². The molecule has 0 N–H and O–H groups in total. The van der Waals surface area contributed by atoms with Gasteiger partial charge in [0, 0.05) is 0 Å². The zero-order valence-corrected chi connectivity index (χ0v) is 23.3. The summed E-state index contributed by atoms with van der Waals surface area (Å²) in [5.41, 5.74) is 2.69. The number of rotatable bonds is 8. The van der Waals surface area contributed by atoms with E-state index in [0.717, 1.165) is 16.7 Å². The fourth-order valence-corrected chi connectivity index (χ4v) is 5.56. The van der Waals surface area contributed by atoms with Gasteiger partial charge in [-0.3, -0.25) is 9.69 Å². The first-order valence-electron chi connectivity index (χ1n) is 10.7. The van der Waals surface area contributed by atoms with Crippen LogP contribution in [0, 0.1) is 0 Å². The molecule has 4 nitrogen and oxygen atoms in total. The second-order valence-corrected chi connectivity index (χ2v) is 10.9. The van der Waals surface area contributed by atoms with Crippen LogP contribution in [0.15, 0.2) is 70.0 Å². The Balaban J connectivity index is 1.55. The number of carbonyl (C=O) groups is 1. The molecule has 0 saturated carbocycles. The van der Waals surface area contributed by atoms with Crippen LogP contribution in [-0.2, 0) is 17.9 Å². The summed E-state index contributed by atoms with van der Waals surface area (Å²) in [6.45, 7) is 3.08. The van der Waals surface area contributed by atoms with Crippen molar-refractivity contribution >= 4 is 79.4 Å². The van der Waals surface area contributed by atoms with Gasteiger partial charge in [-0.2, -0.15) is 0 Å². The van der Waals surface area contributed by atoms with Crippen LogP contribution in [0.25, 0.3) is 6.08 Å². The first-order chi connectivity index (χ1) is 16.9. The molecule has 180 valence electrons. The van der Waals surface area contributed by atoms with Crippen molar-refractivity contribution in [2.24, 2.45) is 0 Å². The molecular formula is C26H20BrCl2NO3S2. The molecule has 1 saturated heterocycles. The highest BCUT2D eigenvalue weighted by molar-refractivity contribution is 9.10. The molecular weight excluding hydrogens is 589 g/mol. The van der Waals surface area contributed by atoms with Gasteiger partial charge in [0.1, 0.15) is 10.9 Å². The third-order valence-electron chi connectivity index (χ3n) is 5.05. The maximum atomic E-state index is 13.1. The molecule has 1 heterocycles. The Hall–Kier alpha value is -2.03.